The number of ether oxygens (including phenoxy) is 2. The van der Waals surface area contributed by atoms with E-state index in [4.69, 9.17) is 9.47 Å². The van der Waals surface area contributed by atoms with E-state index in [-0.39, 0.29) is 5.91 Å². The van der Waals surface area contributed by atoms with Crippen molar-refractivity contribution in [3.05, 3.63) is 89.0 Å². The largest absolute Gasteiger partial charge is 0.493 e. The summed E-state index contributed by atoms with van der Waals surface area (Å²) in [6.45, 7) is 2.70. The normalized spacial score (nSPS) is 11.3. The summed E-state index contributed by atoms with van der Waals surface area (Å²) in [5.41, 5.74) is 3.40. The summed E-state index contributed by atoms with van der Waals surface area (Å²) in [4.78, 5) is 17.0. The van der Waals surface area contributed by atoms with Crippen LogP contribution in [0.15, 0.2) is 71.9 Å². The minimum atomic E-state index is -0.334. The minimum absolute atomic E-state index is 0.334. The summed E-state index contributed by atoms with van der Waals surface area (Å²) in [5, 5.41) is 0. The van der Waals surface area contributed by atoms with Crippen LogP contribution >= 0.6 is 0 Å². The summed E-state index contributed by atoms with van der Waals surface area (Å²) in [7, 11) is 3.09. The van der Waals surface area contributed by atoms with Gasteiger partial charge < -0.3 is 14.0 Å². The Balaban J connectivity index is 1.93. The van der Waals surface area contributed by atoms with Crippen molar-refractivity contribution in [1.82, 2.24) is 4.57 Å². The summed E-state index contributed by atoms with van der Waals surface area (Å²) in [6.07, 6.45) is 1.92. The predicted octanol–water partition coefficient (Wildman–Crippen LogP) is 3.60. The maximum atomic E-state index is 12.7. The van der Waals surface area contributed by atoms with E-state index in [1.165, 1.54) is 12.7 Å². The topological polar surface area (TPSA) is 52.8 Å². The Morgan fingerprint density at radius 3 is 2.41 bits per heavy atom. The van der Waals surface area contributed by atoms with Crippen LogP contribution in [-0.4, -0.2) is 24.7 Å². The zero-order chi connectivity index (χ0) is 19.2. The van der Waals surface area contributed by atoms with Gasteiger partial charge in [-0.15, -0.1) is 0 Å². The molecule has 138 valence electrons. The molecule has 5 heteroatoms. The molecule has 0 unspecified atom stereocenters. The fourth-order valence-electron chi connectivity index (χ4n) is 2.73. The molecule has 0 bridgehead atoms. The molecule has 1 heterocycles. The summed E-state index contributed by atoms with van der Waals surface area (Å²) in [6, 6.07) is 18.9. The first kappa shape index (κ1) is 18.5. The number of hydrogen-bond acceptors (Lipinski definition) is 3. The van der Waals surface area contributed by atoms with Crippen molar-refractivity contribution in [3.63, 3.8) is 0 Å². The van der Waals surface area contributed by atoms with Gasteiger partial charge in [0.2, 0.25) is 0 Å². The van der Waals surface area contributed by atoms with Crippen molar-refractivity contribution >= 4 is 5.91 Å². The Hall–Kier alpha value is -3.34. The van der Waals surface area contributed by atoms with Gasteiger partial charge in [0.25, 0.3) is 5.91 Å². The number of hydrogen-bond donors (Lipinski definition) is 0. The maximum absolute atomic E-state index is 12.7. The zero-order valence-electron chi connectivity index (χ0n) is 15.7. The van der Waals surface area contributed by atoms with Crippen molar-refractivity contribution in [2.45, 2.75) is 13.5 Å². The highest BCUT2D eigenvalue weighted by Gasteiger charge is 2.10. The van der Waals surface area contributed by atoms with Crippen molar-refractivity contribution in [2.24, 2.45) is 4.99 Å². The van der Waals surface area contributed by atoms with E-state index < -0.39 is 0 Å². The third-order valence-electron chi connectivity index (χ3n) is 4.24. The molecule has 0 fully saturated rings. The molecule has 0 spiro atoms. The van der Waals surface area contributed by atoms with Gasteiger partial charge in [-0.1, -0.05) is 35.9 Å². The number of rotatable bonds is 5. The van der Waals surface area contributed by atoms with E-state index in [0.29, 0.717) is 29.1 Å². The third kappa shape index (κ3) is 4.44. The Bertz CT molecular complexity index is 1000. The SMILES string of the molecule is COc1ccc(C(=O)N=c2ccccn2Cc2ccc(C)cc2)cc1OC. The molecule has 0 aliphatic carbocycles. The van der Waals surface area contributed by atoms with Crippen molar-refractivity contribution < 1.29 is 14.3 Å². The molecule has 0 aliphatic rings. The van der Waals surface area contributed by atoms with E-state index in [1.54, 1.807) is 25.3 Å². The lowest BCUT2D eigenvalue weighted by Gasteiger charge is -2.09. The molecule has 3 aromatic rings. The molecule has 0 radical (unpaired) electrons. The number of carbonyl (C=O) groups excluding carboxylic acids is 1. The van der Waals surface area contributed by atoms with E-state index in [1.807, 2.05) is 29.0 Å². The van der Waals surface area contributed by atoms with Crippen LogP contribution in [0.25, 0.3) is 0 Å². The standard InChI is InChI=1S/C22H22N2O3/c1-16-7-9-17(10-8-16)15-24-13-5-4-6-21(24)23-22(25)18-11-12-19(26-2)20(14-18)27-3/h4-14H,15H2,1-3H3. The lowest BCUT2D eigenvalue weighted by Crippen LogP contribution is -2.22. The molecule has 0 saturated heterocycles. The van der Waals surface area contributed by atoms with Gasteiger partial charge in [0, 0.05) is 18.3 Å². The molecule has 3 rings (SSSR count). The fraction of sp³-hybridized carbons (Fsp3) is 0.182. The van der Waals surface area contributed by atoms with E-state index in [2.05, 4.69) is 36.2 Å². The molecule has 0 atom stereocenters. The Labute approximate surface area is 158 Å². The first-order valence-electron chi connectivity index (χ1n) is 8.63. The van der Waals surface area contributed by atoms with Crippen LogP contribution in [0, 0.1) is 6.92 Å². The molecular weight excluding hydrogens is 340 g/mol. The van der Waals surface area contributed by atoms with Crippen molar-refractivity contribution in [3.8, 4) is 11.5 Å². The molecule has 1 aromatic heterocycles. The monoisotopic (exact) mass is 362 g/mol. The van der Waals surface area contributed by atoms with Gasteiger partial charge in [-0.05, 0) is 42.8 Å². The van der Waals surface area contributed by atoms with E-state index >= 15 is 0 Å². The van der Waals surface area contributed by atoms with Gasteiger partial charge >= 0.3 is 0 Å². The van der Waals surface area contributed by atoms with Crippen LogP contribution < -0.4 is 15.0 Å². The molecule has 27 heavy (non-hydrogen) atoms. The number of carbonyl (C=O) groups is 1. The number of nitrogens with zero attached hydrogens (tertiary/aromatic N) is 2. The highest BCUT2D eigenvalue weighted by molar-refractivity contribution is 5.95. The highest BCUT2D eigenvalue weighted by Crippen LogP contribution is 2.27. The van der Waals surface area contributed by atoms with Crippen LogP contribution in [0.5, 0.6) is 11.5 Å². The first-order valence-corrected chi connectivity index (χ1v) is 8.63. The number of pyridine rings is 1. The zero-order valence-corrected chi connectivity index (χ0v) is 15.7. The molecule has 2 aromatic carbocycles. The van der Waals surface area contributed by atoms with Crippen LogP contribution in [0.4, 0.5) is 0 Å². The van der Waals surface area contributed by atoms with E-state index in [9.17, 15) is 4.79 Å². The molecule has 0 aliphatic heterocycles. The van der Waals surface area contributed by atoms with Gasteiger partial charge in [-0.25, -0.2) is 0 Å². The number of benzene rings is 2. The highest BCUT2D eigenvalue weighted by atomic mass is 16.5. The molecule has 5 nitrogen and oxygen atoms in total. The van der Waals surface area contributed by atoms with Gasteiger partial charge in [0.1, 0.15) is 5.49 Å². The van der Waals surface area contributed by atoms with Gasteiger partial charge in [0.15, 0.2) is 11.5 Å². The smallest absolute Gasteiger partial charge is 0.279 e. The Morgan fingerprint density at radius 1 is 0.963 bits per heavy atom. The van der Waals surface area contributed by atoms with Gasteiger partial charge in [-0.2, -0.15) is 4.99 Å². The first-order chi connectivity index (χ1) is 13.1. The van der Waals surface area contributed by atoms with E-state index in [0.717, 1.165) is 5.56 Å². The number of aryl methyl sites for hydroxylation is 1. The number of amides is 1. The second-order valence-corrected chi connectivity index (χ2v) is 6.16. The van der Waals surface area contributed by atoms with Crippen LogP contribution in [-0.2, 0) is 6.54 Å². The number of aromatic nitrogens is 1. The summed E-state index contributed by atoms with van der Waals surface area (Å²) >= 11 is 0. The van der Waals surface area contributed by atoms with Crippen molar-refractivity contribution in [2.75, 3.05) is 14.2 Å². The summed E-state index contributed by atoms with van der Waals surface area (Å²) in [5.74, 6) is 0.738. The second-order valence-electron chi connectivity index (χ2n) is 6.16. The fourth-order valence-corrected chi connectivity index (χ4v) is 2.73. The van der Waals surface area contributed by atoms with Gasteiger partial charge in [0.05, 0.1) is 14.2 Å². The second kappa shape index (κ2) is 8.36. The minimum Gasteiger partial charge on any atom is -0.493 e. The number of methoxy groups -OCH3 is 2. The van der Waals surface area contributed by atoms with Crippen molar-refractivity contribution in [1.29, 1.82) is 0 Å². The quantitative estimate of drug-likeness (QED) is 0.697. The molecule has 0 saturated carbocycles. The van der Waals surface area contributed by atoms with Crippen LogP contribution in [0.3, 0.4) is 0 Å². The lowest BCUT2D eigenvalue weighted by molar-refractivity contribution is 0.0996. The third-order valence-corrected chi connectivity index (χ3v) is 4.24. The lowest BCUT2D eigenvalue weighted by atomic mass is 10.1. The predicted molar refractivity (Wildman–Crippen MR) is 104 cm³/mol. The molecule has 1 amide bonds. The van der Waals surface area contributed by atoms with Gasteiger partial charge in [-0.3, -0.25) is 4.79 Å². The average Bonchev–Trinajstić information content (AvgIpc) is 2.70. The maximum Gasteiger partial charge on any atom is 0.279 e. The average molecular weight is 362 g/mol. The molecule has 0 N–H and O–H groups in total. The van der Waals surface area contributed by atoms with Crippen LogP contribution in [0.2, 0.25) is 0 Å². The van der Waals surface area contributed by atoms with Crippen LogP contribution in [0.1, 0.15) is 21.5 Å². The molecular formula is C22H22N2O3. The Morgan fingerprint density at radius 2 is 1.70 bits per heavy atom. The Kier molecular flexibility index (Phi) is 5.71. The summed E-state index contributed by atoms with van der Waals surface area (Å²) < 4.78 is 12.4.